The molecule has 0 bridgehead atoms. The average Bonchev–Trinajstić information content (AvgIpc) is 3.21. The number of benzene rings is 1. The first-order valence-electron chi connectivity index (χ1n) is 9.14. The number of fused-ring (bicyclic) bond motifs is 3. The molecule has 28 heavy (non-hydrogen) atoms. The van der Waals surface area contributed by atoms with Gasteiger partial charge in [0.25, 0.3) is 5.91 Å². The Balaban J connectivity index is 1.52. The molecule has 3 heterocycles. The summed E-state index contributed by atoms with van der Waals surface area (Å²) in [5.41, 5.74) is 9.25. The van der Waals surface area contributed by atoms with Crippen molar-refractivity contribution in [2.24, 2.45) is 0 Å². The first-order chi connectivity index (χ1) is 13.5. The molecule has 8 heteroatoms. The number of ether oxygens (including phenoxy) is 1. The Kier molecular flexibility index (Phi) is 3.83. The highest BCUT2D eigenvalue weighted by atomic mass is 19.1. The van der Waals surface area contributed by atoms with Crippen molar-refractivity contribution < 1.29 is 18.3 Å². The second-order valence-corrected chi connectivity index (χ2v) is 7.25. The number of aromatic nitrogens is 2. The minimum atomic E-state index is -0.653. The van der Waals surface area contributed by atoms with Crippen molar-refractivity contribution >= 4 is 22.8 Å². The first-order valence-corrected chi connectivity index (χ1v) is 9.14. The lowest BCUT2D eigenvalue weighted by atomic mass is 10.1. The fraction of sp³-hybridized carbons (Fsp3) is 0.300. The molecule has 1 aliphatic carbocycles. The minimum Gasteiger partial charge on any atom is -0.383 e. The molecule has 144 valence electrons. The van der Waals surface area contributed by atoms with E-state index < -0.39 is 11.6 Å². The van der Waals surface area contributed by atoms with E-state index in [9.17, 15) is 13.6 Å². The molecular weight excluding hydrogens is 366 g/mol. The molecule has 0 spiro atoms. The Labute approximate surface area is 159 Å². The number of nitrogens with one attached hydrogen (secondary N) is 1. The van der Waals surface area contributed by atoms with Crippen LogP contribution in [0.5, 0.6) is 0 Å². The second kappa shape index (κ2) is 6.27. The number of carbonyl (C=O) groups is 1. The quantitative estimate of drug-likeness (QED) is 0.723. The smallest absolute Gasteiger partial charge is 0.270 e. The van der Waals surface area contributed by atoms with E-state index in [-0.39, 0.29) is 24.1 Å². The van der Waals surface area contributed by atoms with Crippen molar-refractivity contribution in [2.45, 2.75) is 38.6 Å². The maximum atomic E-state index is 14.1. The summed E-state index contributed by atoms with van der Waals surface area (Å²) in [6, 6.07) is 5.33. The standard InChI is InChI=1S/C20H18F2N4O2/c21-14-2-1-3-15(22)11(14)7-26(10-4-5-10)20(27)17-6-16-18(24-17)12-8-28-9-13(12)19(23)25-16/h1-3,6,10,24H,4-5,7-9H2,(H2,23,25). The van der Waals surface area contributed by atoms with Crippen LogP contribution in [0.1, 0.15) is 40.0 Å². The Bertz CT molecular complexity index is 1090. The molecule has 1 fully saturated rings. The summed E-state index contributed by atoms with van der Waals surface area (Å²) in [7, 11) is 0. The lowest BCUT2D eigenvalue weighted by Gasteiger charge is -2.22. The van der Waals surface area contributed by atoms with Crippen LogP contribution in [0.4, 0.5) is 14.6 Å². The van der Waals surface area contributed by atoms with Crippen molar-refractivity contribution in [1.29, 1.82) is 0 Å². The van der Waals surface area contributed by atoms with Gasteiger partial charge in [0.1, 0.15) is 23.1 Å². The fourth-order valence-electron chi connectivity index (χ4n) is 3.72. The van der Waals surface area contributed by atoms with Crippen molar-refractivity contribution in [3.63, 3.8) is 0 Å². The highest BCUT2D eigenvalue weighted by molar-refractivity contribution is 5.98. The molecule has 2 aromatic heterocycles. The molecule has 1 saturated carbocycles. The molecule has 0 radical (unpaired) electrons. The zero-order valence-electron chi connectivity index (χ0n) is 15.0. The van der Waals surface area contributed by atoms with Crippen LogP contribution in [-0.2, 0) is 24.5 Å². The SMILES string of the molecule is Nc1nc2cc(C(=O)N(Cc3c(F)cccc3F)C3CC3)[nH]c2c2c1COC2. The molecule has 5 rings (SSSR count). The van der Waals surface area contributed by atoms with Crippen LogP contribution in [0.25, 0.3) is 11.0 Å². The molecule has 3 aromatic rings. The Morgan fingerprint density at radius 3 is 2.68 bits per heavy atom. The van der Waals surface area contributed by atoms with Crippen LogP contribution < -0.4 is 5.73 Å². The highest BCUT2D eigenvalue weighted by Gasteiger charge is 2.35. The molecule has 6 nitrogen and oxygen atoms in total. The number of carbonyl (C=O) groups excluding carboxylic acids is 1. The number of amides is 1. The number of aromatic amines is 1. The van der Waals surface area contributed by atoms with Gasteiger partial charge in [-0.3, -0.25) is 4.79 Å². The maximum absolute atomic E-state index is 14.1. The number of rotatable bonds is 4. The second-order valence-electron chi connectivity index (χ2n) is 7.25. The Morgan fingerprint density at radius 2 is 1.96 bits per heavy atom. The van der Waals surface area contributed by atoms with Crippen LogP contribution in [-0.4, -0.2) is 26.8 Å². The van der Waals surface area contributed by atoms with Gasteiger partial charge in [-0.2, -0.15) is 0 Å². The van der Waals surface area contributed by atoms with Crippen LogP contribution in [0.15, 0.2) is 24.3 Å². The third-order valence-electron chi connectivity index (χ3n) is 5.37. The number of hydrogen-bond donors (Lipinski definition) is 2. The van der Waals surface area contributed by atoms with Gasteiger partial charge in [-0.15, -0.1) is 0 Å². The number of anilines is 1. The maximum Gasteiger partial charge on any atom is 0.270 e. The van der Waals surface area contributed by atoms with Crippen LogP contribution in [0.3, 0.4) is 0 Å². The fourth-order valence-corrected chi connectivity index (χ4v) is 3.72. The van der Waals surface area contributed by atoms with Crippen LogP contribution >= 0.6 is 0 Å². The molecule has 0 saturated heterocycles. The molecule has 1 aliphatic heterocycles. The van der Waals surface area contributed by atoms with Crippen LogP contribution in [0, 0.1) is 11.6 Å². The van der Waals surface area contributed by atoms with Gasteiger partial charge in [-0.1, -0.05) is 6.07 Å². The van der Waals surface area contributed by atoms with Crippen LogP contribution in [0.2, 0.25) is 0 Å². The lowest BCUT2D eigenvalue weighted by molar-refractivity contribution is 0.0721. The van der Waals surface area contributed by atoms with E-state index in [4.69, 9.17) is 10.5 Å². The summed E-state index contributed by atoms with van der Waals surface area (Å²) < 4.78 is 33.7. The summed E-state index contributed by atoms with van der Waals surface area (Å²) in [4.78, 5) is 22.2. The van der Waals surface area contributed by atoms with Gasteiger partial charge in [0.15, 0.2) is 0 Å². The zero-order chi connectivity index (χ0) is 19.4. The largest absolute Gasteiger partial charge is 0.383 e. The van der Waals surface area contributed by atoms with Gasteiger partial charge in [0.05, 0.1) is 30.8 Å². The van der Waals surface area contributed by atoms with Gasteiger partial charge >= 0.3 is 0 Å². The number of nitrogens with two attached hydrogens (primary N) is 1. The predicted octanol–water partition coefficient (Wildman–Crippen LogP) is 3.26. The summed E-state index contributed by atoms with van der Waals surface area (Å²) in [6.45, 7) is 0.681. The molecule has 1 aromatic carbocycles. The molecular formula is C20H18F2N4O2. The summed E-state index contributed by atoms with van der Waals surface area (Å²) in [5.74, 6) is -1.22. The summed E-state index contributed by atoms with van der Waals surface area (Å²) >= 11 is 0. The van der Waals surface area contributed by atoms with Crippen molar-refractivity contribution in [2.75, 3.05) is 5.73 Å². The van der Waals surface area contributed by atoms with Crippen molar-refractivity contribution in [1.82, 2.24) is 14.9 Å². The van der Waals surface area contributed by atoms with E-state index in [0.29, 0.717) is 30.2 Å². The number of halogens is 2. The summed E-state index contributed by atoms with van der Waals surface area (Å²) in [5, 5.41) is 0. The molecule has 1 amide bonds. The topological polar surface area (TPSA) is 84.2 Å². The first kappa shape index (κ1) is 17.1. The highest BCUT2D eigenvalue weighted by Crippen LogP contribution is 2.34. The predicted molar refractivity (Wildman–Crippen MR) is 98.3 cm³/mol. The van der Waals surface area contributed by atoms with E-state index in [0.717, 1.165) is 29.5 Å². The third-order valence-corrected chi connectivity index (χ3v) is 5.37. The van der Waals surface area contributed by atoms with E-state index in [1.807, 2.05) is 0 Å². The number of hydrogen-bond acceptors (Lipinski definition) is 4. The number of H-pyrrole nitrogens is 1. The summed E-state index contributed by atoms with van der Waals surface area (Å²) in [6.07, 6.45) is 1.63. The lowest BCUT2D eigenvalue weighted by Crippen LogP contribution is -2.33. The van der Waals surface area contributed by atoms with E-state index in [1.54, 1.807) is 6.07 Å². The van der Waals surface area contributed by atoms with Gasteiger partial charge < -0.3 is 20.4 Å². The monoisotopic (exact) mass is 384 g/mol. The minimum absolute atomic E-state index is 0.0232. The zero-order valence-corrected chi connectivity index (χ0v) is 15.0. The van der Waals surface area contributed by atoms with E-state index >= 15 is 0 Å². The Hall–Kier alpha value is -3.00. The molecule has 2 aliphatic rings. The number of pyridine rings is 1. The Morgan fingerprint density at radius 1 is 1.25 bits per heavy atom. The molecule has 0 unspecified atom stereocenters. The van der Waals surface area contributed by atoms with Crippen molar-refractivity contribution in [3.8, 4) is 0 Å². The average molecular weight is 384 g/mol. The molecule has 0 atom stereocenters. The van der Waals surface area contributed by atoms with Gasteiger partial charge in [0.2, 0.25) is 0 Å². The normalized spacial score (nSPS) is 15.8. The van der Waals surface area contributed by atoms with Gasteiger partial charge in [-0.05, 0) is 31.0 Å². The van der Waals surface area contributed by atoms with Gasteiger partial charge in [-0.25, -0.2) is 13.8 Å². The van der Waals surface area contributed by atoms with Crippen molar-refractivity contribution in [3.05, 3.63) is 58.3 Å². The number of nitrogens with zero attached hydrogens (tertiary/aromatic N) is 2. The number of nitrogen functional groups attached to an aromatic ring is 1. The van der Waals surface area contributed by atoms with E-state index in [2.05, 4.69) is 9.97 Å². The third kappa shape index (κ3) is 2.72. The molecule has 3 N–H and O–H groups in total. The van der Waals surface area contributed by atoms with E-state index in [1.165, 1.54) is 23.1 Å². The van der Waals surface area contributed by atoms with Gasteiger partial charge in [0, 0.05) is 22.7 Å².